The van der Waals surface area contributed by atoms with Gasteiger partial charge in [0.1, 0.15) is 19.2 Å². The van der Waals surface area contributed by atoms with Crippen molar-refractivity contribution in [3.05, 3.63) is 37.0 Å². The summed E-state index contributed by atoms with van der Waals surface area (Å²) in [6.07, 6.45) is 6.06. The molecule has 0 saturated carbocycles. The minimum atomic E-state index is 0.208. The number of carbonyl (C=O) groups excluding carboxylic acids is 2. The SMILES string of the molecule is C=C/C=C(\C=C)C=O.COCC=O. The van der Waals surface area contributed by atoms with Gasteiger partial charge in [-0.1, -0.05) is 31.4 Å². The second-order valence-corrected chi connectivity index (χ2v) is 1.85. The maximum absolute atomic E-state index is 9.94. The van der Waals surface area contributed by atoms with E-state index in [0.717, 1.165) is 6.29 Å². The highest BCUT2D eigenvalue weighted by Crippen LogP contribution is 1.88. The van der Waals surface area contributed by atoms with Crippen LogP contribution in [0.4, 0.5) is 0 Å². The summed E-state index contributed by atoms with van der Waals surface area (Å²) in [5, 5.41) is 0. The van der Waals surface area contributed by atoms with Gasteiger partial charge in [0.2, 0.25) is 0 Å². The third-order valence-electron chi connectivity index (χ3n) is 0.917. The highest BCUT2D eigenvalue weighted by Gasteiger charge is 1.79. The molecule has 0 spiro atoms. The minimum absolute atomic E-state index is 0.208. The van der Waals surface area contributed by atoms with E-state index in [1.165, 1.54) is 13.2 Å². The van der Waals surface area contributed by atoms with Gasteiger partial charge in [0, 0.05) is 12.7 Å². The first-order valence-electron chi connectivity index (χ1n) is 3.59. The molecule has 0 aromatic heterocycles. The van der Waals surface area contributed by atoms with Crippen molar-refractivity contribution in [2.75, 3.05) is 13.7 Å². The third-order valence-corrected chi connectivity index (χ3v) is 0.917. The van der Waals surface area contributed by atoms with E-state index in [4.69, 9.17) is 0 Å². The van der Waals surface area contributed by atoms with Crippen molar-refractivity contribution < 1.29 is 14.3 Å². The third kappa shape index (κ3) is 13.5. The van der Waals surface area contributed by atoms with Gasteiger partial charge < -0.3 is 9.53 Å². The van der Waals surface area contributed by atoms with Gasteiger partial charge >= 0.3 is 0 Å². The molecule has 13 heavy (non-hydrogen) atoms. The number of rotatable bonds is 5. The molecule has 0 saturated heterocycles. The second kappa shape index (κ2) is 13.1. The zero-order valence-corrected chi connectivity index (χ0v) is 7.73. The normalized spacial score (nSPS) is 9.15. The van der Waals surface area contributed by atoms with E-state index in [-0.39, 0.29) is 6.61 Å². The van der Waals surface area contributed by atoms with Crippen LogP contribution in [-0.4, -0.2) is 26.3 Å². The van der Waals surface area contributed by atoms with Gasteiger partial charge in [-0.25, -0.2) is 0 Å². The highest BCUT2D eigenvalue weighted by molar-refractivity contribution is 5.77. The molecule has 3 heteroatoms. The van der Waals surface area contributed by atoms with Gasteiger partial charge in [0.15, 0.2) is 0 Å². The Bertz CT molecular complexity index is 182. The van der Waals surface area contributed by atoms with E-state index in [1.807, 2.05) is 0 Å². The molecule has 0 unspecified atom stereocenters. The van der Waals surface area contributed by atoms with Crippen molar-refractivity contribution in [2.24, 2.45) is 0 Å². The first-order valence-corrected chi connectivity index (χ1v) is 3.59. The van der Waals surface area contributed by atoms with Gasteiger partial charge in [0.25, 0.3) is 0 Å². The maximum Gasteiger partial charge on any atom is 0.150 e. The molecule has 0 N–H and O–H groups in total. The number of hydrogen-bond donors (Lipinski definition) is 0. The van der Waals surface area contributed by atoms with E-state index >= 15 is 0 Å². The summed E-state index contributed by atoms with van der Waals surface area (Å²) < 4.78 is 4.32. The van der Waals surface area contributed by atoms with Crippen LogP contribution in [0.5, 0.6) is 0 Å². The van der Waals surface area contributed by atoms with Crippen LogP contribution < -0.4 is 0 Å². The van der Waals surface area contributed by atoms with Gasteiger partial charge in [-0.15, -0.1) is 0 Å². The molecule has 0 heterocycles. The summed E-state index contributed by atoms with van der Waals surface area (Å²) in [7, 11) is 1.48. The fourth-order valence-electron chi connectivity index (χ4n) is 0.360. The first kappa shape index (κ1) is 14.1. The van der Waals surface area contributed by atoms with E-state index < -0.39 is 0 Å². The van der Waals surface area contributed by atoms with Gasteiger partial charge in [0.05, 0.1) is 0 Å². The summed E-state index contributed by atoms with van der Waals surface area (Å²) in [5.74, 6) is 0. The molecule has 0 radical (unpaired) electrons. The predicted octanol–water partition coefficient (Wildman–Crippen LogP) is 1.32. The number of methoxy groups -OCH3 is 1. The molecule has 0 bridgehead atoms. The van der Waals surface area contributed by atoms with Crippen molar-refractivity contribution in [1.82, 2.24) is 0 Å². The van der Waals surface area contributed by atoms with Crippen molar-refractivity contribution in [3.8, 4) is 0 Å². The quantitative estimate of drug-likeness (QED) is 0.366. The second-order valence-electron chi connectivity index (χ2n) is 1.85. The molecule has 0 aromatic rings. The van der Waals surface area contributed by atoms with Crippen molar-refractivity contribution in [1.29, 1.82) is 0 Å². The molecule has 0 rings (SSSR count). The smallest absolute Gasteiger partial charge is 0.150 e. The zero-order valence-electron chi connectivity index (χ0n) is 7.73. The Morgan fingerprint density at radius 2 is 2.00 bits per heavy atom. The Hall–Kier alpha value is -1.48. The number of ether oxygens (including phenoxy) is 1. The average Bonchev–Trinajstić information content (AvgIpc) is 2.16. The highest BCUT2D eigenvalue weighted by atomic mass is 16.5. The minimum Gasteiger partial charge on any atom is -0.377 e. The van der Waals surface area contributed by atoms with Crippen LogP contribution in [0.25, 0.3) is 0 Å². The number of hydrogen-bond acceptors (Lipinski definition) is 3. The molecule has 0 aromatic carbocycles. The van der Waals surface area contributed by atoms with Crippen LogP contribution in [0.1, 0.15) is 0 Å². The summed E-state index contributed by atoms with van der Waals surface area (Å²) in [6.45, 7) is 7.02. The standard InChI is InChI=1S/C7H8O.C3H6O2/c1-3-5-7(4-2)6-8;1-5-3-2-4/h3-6H,1-2H2;2H,3H2,1H3/b7-5+;. The monoisotopic (exact) mass is 182 g/mol. The lowest BCUT2D eigenvalue weighted by atomic mass is 10.3. The van der Waals surface area contributed by atoms with Crippen LogP contribution in [-0.2, 0) is 14.3 Å². The molecule has 0 fully saturated rings. The lowest BCUT2D eigenvalue weighted by Gasteiger charge is -1.79. The first-order chi connectivity index (χ1) is 6.26. The Kier molecular flexibility index (Phi) is 14.2. The van der Waals surface area contributed by atoms with E-state index in [2.05, 4.69) is 17.9 Å². The summed E-state index contributed by atoms with van der Waals surface area (Å²) in [4.78, 5) is 19.2. The molecule has 0 atom stereocenters. The number of carbonyl (C=O) groups is 2. The molecular formula is C10H14O3. The van der Waals surface area contributed by atoms with E-state index in [9.17, 15) is 9.59 Å². The number of allylic oxidation sites excluding steroid dienone is 4. The summed E-state index contributed by atoms with van der Waals surface area (Å²) in [5.41, 5.74) is 0.556. The number of aldehydes is 2. The van der Waals surface area contributed by atoms with Gasteiger partial charge in [-0.3, -0.25) is 4.79 Å². The molecular weight excluding hydrogens is 168 g/mol. The van der Waals surface area contributed by atoms with Crippen LogP contribution in [0.15, 0.2) is 37.0 Å². The van der Waals surface area contributed by atoms with Crippen molar-refractivity contribution >= 4 is 12.6 Å². The Morgan fingerprint density at radius 1 is 1.38 bits per heavy atom. The van der Waals surface area contributed by atoms with Crippen LogP contribution in [0.3, 0.4) is 0 Å². The molecule has 0 aliphatic carbocycles. The Balaban J connectivity index is 0. The van der Waals surface area contributed by atoms with Crippen LogP contribution in [0.2, 0.25) is 0 Å². The molecule has 0 aliphatic rings. The van der Waals surface area contributed by atoms with Gasteiger partial charge in [-0.2, -0.15) is 0 Å². The topological polar surface area (TPSA) is 43.4 Å². The lowest BCUT2D eigenvalue weighted by Crippen LogP contribution is -1.84. The van der Waals surface area contributed by atoms with E-state index in [1.54, 1.807) is 12.2 Å². The zero-order chi connectivity index (χ0) is 10.5. The van der Waals surface area contributed by atoms with E-state index in [0.29, 0.717) is 11.9 Å². The largest absolute Gasteiger partial charge is 0.377 e. The maximum atomic E-state index is 9.94. The Labute approximate surface area is 78.4 Å². The van der Waals surface area contributed by atoms with Crippen LogP contribution >= 0.6 is 0 Å². The summed E-state index contributed by atoms with van der Waals surface area (Å²) >= 11 is 0. The fraction of sp³-hybridized carbons (Fsp3) is 0.200. The summed E-state index contributed by atoms with van der Waals surface area (Å²) in [6, 6.07) is 0. The van der Waals surface area contributed by atoms with Crippen molar-refractivity contribution in [2.45, 2.75) is 0 Å². The molecule has 0 aliphatic heterocycles. The lowest BCUT2D eigenvalue weighted by molar-refractivity contribution is -0.111. The van der Waals surface area contributed by atoms with Crippen LogP contribution in [0, 0.1) is 0 Å². The predicted molar refractivity (Wildman–Crippen MR) is 52.5 cm³/mol. The van der Waals surface area contributed by atoms with Gasteiger partial charge in [-0.05, 0) is 0 Å². The molecule has 72 valence electrons. The molecule has 3 nitrogen and oxygen atoms in total. The Morgan fingerprint density at radius 3 is 2.08 bits per heavy atom. The average molecular weight is 182 g/mol. The van der Waals surface area contributed by atoms with Crippen molar-refractivity contribution in [3.63, 3.8) is 0 Å². The molecule has 0 amide bonds. The fourth-order valence-corrected chi connectivity index (χ4v) is 0.360.